The van der Waals surface area contributed by atoms with Crippen molar-refractivity contribution >= 4 is 134 Å². The molecule has 6 aliphatic heterocycles. The molecular weight excluding hydrogens is 1760 g/mol. The van der Waals surface area contributed by atoms with Crippen LogP contribution in [0.2, 0.25) is 0 Å². The first-order valence-electron chi connectivity index (χ1n) is 48.9. The number of carbonyl (C=O) groups is 14. The van der Waals surface area contributed by atoms with E-state index in [4.69, 9.17) is 38.6 Å². The summed E-state index contributed by atoms with van der Waals surface area (Å²) in [5, 5.41) is 24.2. The Balaban J connectivity index is 0.000000176. The number of hydrogen-bond donors (Lipinski definition) is 9. The third-order valence-electron chi connectivity index (χ3n) is 27.2. The molecule has 740 valence electrons. The van der Waals surface area contributed by atoms with E-state index in [9.17, 15) is 67.1 Å². The van der Waals surface area contributed by atoms with Crippen molar-refractivity contribution in [1.29, 1.82) is 0 Å². The third-order valence-corrected chi connectivity index (χ3v) is 27.2. The van der Waals surface area contributed by atoms with Crippen LogP contribution in [-0.2, 0) is 90.8 Å². The van der Waals surface area contributed by atoms with E-state index in [0.29, 0.717) is 127 Å². The zero-order valence-electron chi connectivity index (χ0n) is 82.0. The number of benzene rings is 3. The quantitative estimate of drug-likeness (QED) is 0.0529. The summed E-state index contributed by atoms with van der Waals surface area (Å²) in [4.78, 5) is 201. The minimum absolute atomic E-state index is 0.0726. The van der Waals surface area contributed by atoms with E-state index >= 15 is 0 Å². The van der Waals surface area contributed by atoms with Crippen LogP contribution in [-0.4, -0.2) is 199 Å². The molecule has 9 aliphatic rings. The molecule has 15 bridgehead atoms. The van der Waals surface area contributed by atoms with Crippen molar-refractivity contribution in [1.82, 2.24) is 78.2 Å². The maximum absolute atomic E-state index is 14.2. The lowest BCUT2D eigenvalue weighted by molar-refractivity contribution is -0.171. The number of nitrogens with zero attached hydrogens (tertiary/aromatic N) is 6. The zero-order valence-corrected chi connectivity index (χ0v) is 82.0. The molecule has 15 rings (SSSR count). The van der Waals surface area contributed by atoms with E-state index in [1.54, 1.807) is 96.1 Å². The second kappa shape index (κ2) is 44.6. The number of aromatic nitrogens is 3. The number of amides is 9. The van der Waals surface area contributed by atoms with Crippen LogP contribution in [0.25, 0.3) is 50.9 Å². The van der Waals surface area contributed by atoms with Gasteiger partial charge in [0, 0.05) is 41.7 Å². The van der Waals surface area contributed by atoms with E-state index in [-0.39, 0.29) is 83.4 Å². The number of esters is 5. The van der Waals surface area contributed by atoms with E-state index in [2.05, 4.69) is 48.2 Å². The Morgan fingerprint density at radius 1 is 0.370 bits per heavy atom. The zero-order chi connectivity index (χ0) is 99.5. The van der Waals surface area contributed by atoms with Crippen LogP contribution in [0.3, 0.4) is 0 Å². The van der Waals surface area contributed by atoms with Gasteiger partial charge < -0.3 is 55.6 Å². The van der Waals surface area contributed by atoms with Crippen molar-refractivity contribution in [3.05, 3.63) is 143 Å². The monoisotopic (exact) mass is 1900 g/mol. The minimum atomic E-state index is -1.16. The summed E-state index contributed by atoms with van der Waals surface area (Å²) >= 11 is 0. The Labute approximate surface area is 805 Å². The lowest BCUT2D eigenvalue weighted by Gasteiger charge is -2.37. The predicted octanol–water partition coefficient (Wildman–Crippen LogP) is 11.1. The van der Waals surface area contributed by atoms with Crippen LogP contribution in [0.4, 0.5) is 0 Å². The highest BCUT2D eigenvalue weighted by molar-refractivity contribution is 5.96. The highest BCUT2D eigenvalue weighted by Crippen LogP contribution is 2.45. The number of hydrazine groups is 3. The molecule has 3 aromatic carbocycles. The maximum atomic E-state index is 14.2. The van der Waals surface area contributed by atoms with Crippen molar-refractivity contribution < 1.29 is 90.8 Å². The van der Waals surface area contributed by atoms with Crippen LogP contribution in [0.15, 0.2) is 109 Å². The van der Waals surface area contributed by atoms with Gasteiger partial charge in [0.1, 0.15) is 48.5 Å². The van der Waals surface area contributed by atoms with Gasteiger partial charge in [0.2, 0.25) is 17.7 Å². The molecular formula is C104H135N15O19. The molecule has 3 saturated heterocycles. The fourth-order valence-electron chi connectivity index (χ4n) is 18.1. The fraction of sp³-hybridized carbons (Fsp3) is 0.548. The first-order valence-corrected chi connectivity index (χ1v) is 48.9. The van der Waals surface area contributed by atoms with Crippen LogP contribution >= 0.6 is 0 Å². The topological polar surface area (TPSA) is 442 Å². The van der Waals surface area contributed by atoms with E-state index < -0.39 is 130 Å². The van der Waals surface area contributed by atoms with Crippen molar-refractivity contribution in [3.63, 3.8) is 0 Å². The number of cyclic esters (lactones) is 3. The molecule has 9 N–H and O–H groups in total. The molecule has 12 atom stereocenters. The van der Waals surface area contributed by atoms with Crippen LogP contribution in [0.1, 0.15) is 265 Å². The standard InChI is InChI=1S/2C37H49N5O7.C30H37N5O5/c2*1-21(2)31-33(44)39-24(6)34(45)42-19-7-8-29(41-42)32(43)38-23(5)28-12-11-26-10-9-25(20-30(26)40-28)13-16-37(36(47)49-31)17-14-27(15-18-37)48-35(46)22(3)4;1-17-22-12-11-20-8-7-19(16-24(20)33-22)13-14-30(3,4)29(39)40-25(21-9-10-21)27(37)32-18(2)28(38)35-15-5-6-23(34-35)26(36)31-17/h2*9-13,16,20-24,27,29,31,41H,7-8,14-15,17-19H2,1-6H3,(H,38,43)(H,39,44);7-8,11-14,16-18,21,23,25,34H,5-6,9-10,15H2,1-4H3,(H,31,36)(H,32,37)/b2*16-13+;14-13+/t2*23-,24+,27?,29+,31+,37?;17-,18+,23+,25-/m111/s1. The van der Waals surface area contributed by atoms with Gasteiger partial charge in [0.15, 0.2) is 18.3 Å². The number of fused-ring (bicyclic) bond motifs is 12. The third kappa shape index (κ3) is 25.4. The molecule has 3 aromatic heterocycles. The molecule has 9 amide bonds. The number of pyridine rings is 3. The summed E-state index contributed by atoms with van der Waals surface area (Å²) in [6.07, 6.45) is 15.4. The molecule has 138 heavy (non-hydrogen) atoms. The number of nitrogens with one attached hydrogen (secondary N) is 9. The van der Waals surface area contributed by atoms with E-state index in [0.717, 1.165) is 62.2 Å². The average Bonchev–Trinajstić information content (AvgIpc) is 1.21. The van der Waals surface area contributed by atoms with Gasteiger partial charge >= 0.3 is 29.8 Å². The van der Waals surface area contributed by atoms with Gasteiger partial charge in [-0.05, 0) is 223 Å². The molecule has 9 heterocycles. The molecule has 34 nitrogen and oxygen atoms in total. The van der Waals surface area contributed by atoms with Gasteiger partial charge in [-0.3, -0.25) is 97.1 Å². The Bertz CT molecular complexity index is 5440. The fourth-order valence-corrected chi connectivity index (χ4v) is 18.1. The van der Waals surface area contributed by atoms with Gasteiger partial charge in [0.05, 0.1) is 79.8 Å². The van der Waals surface area contributed by atoms with Crippen LogP contribution in [0, 0.1) is 45.8 Å². The molecule has 0 unspecified atom stereocenters. The minimum Gasteiger partial charge on any atom is -0.462 e. The molecule has 2 spiro atoms. The van der Waals surface area contributed by atoms with Crippen molar-refractivity contribution in [2.75, 3.05) is 19.6 Å². The maximum Gasteiger partial charge on any atom is 0.316 e. The number of ether oxygens (including phenoxy) is 5. The average molecular weight is 1900 g/mol. The molecule has 34 heteroatoms. The van der Waals surface area contributed by atoms with Crippen LogP contribution < -0.4 is 48.2 Å². The van der Waals surface area contributed by atoms with Gasteiger partial charge in [0.25, 0.3) is 35.4 Å². The summed E-state index contributed by atoms with van der Waals surface area (Å²) in [6.45, 7) is 29.2. The molecule has 6 fully saturated rings. The second-order valence-corrected chi connectivity index (χ2v) is 40.3. The lowest BCUT2D eigenvalue weighted by Crippen LogP contribution is -2.61. The Morgan fingerprint density at radius 2 is 0.674 bits per heavy atom. The Hall–Kier alpha value is -12.4. The summed E-state index contributed by atoms with van der Waals surface area (Å²) in [6, 6.07) is 23.2. The predicted molar refractivity (Wildman–Crippen MR) is 515 cm³/mol. The summed E-state index contributed by atoms with van der Waals surface area (Å²) in [5.74, 6) is -7.08. The van der Waals surface area contributed by atoms with Gasteiger partial charge in [-0.1, -0.05) is 146 Å². The summed E-state index contributed by atoms with van der Waals surface area (Å²) < 4.78 is 29.2. The van der Waals surface area contributed by atoms with Crippen molar-refractivity contribution in [2.24, 2.45) is 45.8 Å². The van der Waals surface area contributed by atoms with Crippen LogP contribution in [0.5, 0.6) is 0 Å². The van der Waals surface area contributed by atoms with E-state index in [1.165, 1.54) is 15.0 Å². The highest BCUT2D eigenvalue weighted by atomic mass is 16.6. The number of carbonyl (C=O) groups excluding carboxylic acids is 14. The van der Waals surface area contributed by atoms with Gasteiger partial charge in [-0.25, -0.2) is 16.3 Å². The normalized spacial score (nSPS) is 29.3. The van der Waals surface area contributed by atoms with Crippen molar-refractivity contribution in [2.45, 2.75) is 298 Å². The molecule has 6 aromatic rings. The summed E-state index contributed by atoms with van der Waals surface area (Å²) in [5.41, 5.74) is 12.7. The number of rotatable bonds is 7. The van der Waals surface area contributed by atoms with Crippen molar-refractivity contribution in [3.8, 4) is 0 Å². The van der Waals surface area contributed by atoms with Gasteiger partial charge in [-0.15, -0.1) is 0 Å². The highest BCUT2D eigenvalue weighted by Gasteiger charge is 2.49. The Morgan fingerprint density at radius 3 is 0.986 bits per heavy atom. The first kappa shape index (κ1) is 103. The molecule has 0 radical (unpaired) electrons. The molecule has 3 saturated carbocycles. The SMILES string of the molecule is CC(C)C(=O)OC1CCC2(/C=C/c3ccc4ccc(nc4c3)[C@@H](C)NC(=O)[C@@H]3CCCN(N3)C(=O)[C@H](C)NC(=O)[C@H](C(C)C)OC2=O)CC1.CC(C)C(=O)OC1CCC2(/C=C/c3ccc4ccc(nc4c3)[C@@H](C)NC(=O)[C@@H]3CCCN(N3)C(=O)[C@H](C)NC(=O)[C@H](C(C)C)OC2=O)CC1.C[C@@H]1NC(=O)[C@@H](C2CC2)OC(=O)C(C)(C)/C=C/c2ccc3ccc(nc3c2)[C@@H](C)NC(=O)[C@@H]2CCCN(N2)C1=O. The van der Waals surface area contributed by atoms with Gasteiger partial charge in [-0.2, -0.15) is 0 Å². The Kier molecular flexibility index (Phi) is 33.3. The summed E-state index contributed by atoms with van der Waals surface area (Å²) in [7, 11) is 0. The molecule has 3 aliphatic carbocycles. The smallest absolute Gasteiger partial charge is 0.316 e. The lowest BCUT2D eigenvalue weighted by atomic mass is 9.72. The largest absolute Gasteiger partial charge is 0.462 e. The first-order chi connectivity index (χ1) is 65.5. The number of hydrogen-bond acceptors (Lipinski definition) is 25. The second-order valence-electron chi connectivity index (χ2n) is 40.3. The van der Waals surface area contributed by atoms with E-state index in [1.807, 2.05) is 142 Å².